The standard InChI is InChI=1S/C17H19NO2/c1-4-20-17(19)13(2)12-16-11-10-14(3)18(16)15-8-6-5-7-9-15/h5-11H,2,4,12H2,1,3H3. The SMILES string of the molecule is C=C(Cc1ccc(C)n1-c1ccccc1)C(=O)OCC. The molecule has 0 aliphatic rings. The number of aromatic nitrogens is 1. The smallest absolute Gasteiger partial charge is 0.333 e. The van der Waals surface area contributed by atoms with E-state index in [-0.39, 0.29) is 5.97 Å². The first-order valence-corrected chi connectivity index (χ1v) is 6.71. The van der Waals surface area contributed by atoms with Crippen molar-refractivity contribution >= 4 is 5.97 Å². The highest BCUT2D eigenvalue weighted by atomic mass is 16.5. The van der Waals surface area contributed by atoms with E-state index in [4.69, 9.17) is 4.74 Å². The summed E-state index contributed by atoms with van der Waals surface area (Å²) < 4.78 is 7.11. The molecular formula is C17H19NO2. The van der Waals surface area contributed by atoms with Gasteiger partial charge in [0.25, 0.3) is 0 Å². The zero-order valence-corrected chi connectivity index (χ0v) is 11.9. The van der Waals surface area contributed by atoms with Crippen LogP contribution in [-0.4, -0.2) is 17.1 Å². The largest absolute Gasteiger partial charge is 0.463 e. The Bertz CT molecular complexity index is 611. The number of carbonyl (C=O) groups excluding carboxylic acids is 1. The molecule has 0 atom stereocenters. The summed E-state index contributed by atoms with van der Waals surface area (Å²) in [7, 11) is 0. The van der Waals surface area contributed by atoms with Crippen LogP contribution >= 0.6 is 0 Å². The Hall–Kier alpha value is -2.29. The van der Waals surface area contributed by atoms with E-state index >= 15 is 0 Å². The van der Waals surface area contributed by atoms with Crippen molar-refractivity contribution < 1.29 is 9.53 Å². The number of benzene rings is 1. The van der Waals surface area contributed by atoms with E-state index in [1.54, 1.807) is 6.92 Å². The zero-order chi connectivity index (χ0) is 14.5. The molecule has 104 valence electrons. The fourth-order valence-electron chi connectivity index (χ4n) is 2.20. The van der Waals surface area contributed by atoms with Crippen LogP contribution in [-0.2, 0) is 16.0 Å². The third-order valence-electron chi connectivity index (χ3n) is 3.13. The highest BCUT2D eigenvalue weighted by Crippen LogP contribution is 2.19. The van der Waals surface area contributed by atoms with Gasteiger partial charge in [-0.05, 0) is 38.1 Å². The molecule has 3 heteroatoms. The van der Waals surface area contributed by atoms with Crippen molar-refractivity contribution in [2.45, 2.75) is 20.3 Å². The Morgan fingerprint density at radius 3 is 2.55 bits per heavy atom. The number of rotatable bonds is 5. The van der Waals surface area contributed by atoms with Crippen LogP contribution in [0.15, 0.2) is 54.6 Å². The van der Waals surface area contributed by atoms with E-state index in [1.807, 2.05) is 49.4 Å². The molecule has 3 nitrogen and oxygen atoms in total. The second-order valence-corrected chi connectivity index (χ2v) is 4.64. The fraction of sp³-hybridized carbons (Fsp3) is 0.235. The number of aryl methyl sites for hydroxylation is 1. The van der Waals surface area contributed by atoms with Gasteiger partial charge in [0.15, 0.2) is 0 Å². The van der Waals surface area contributed by atoms with Crippen LogP contribution in [0.2, 0.25) is 0 Å². The summed E-state index contributed by atoms with van der Waals surface area (Å²) >= 11 is 0. The molecule has 1 aromatic heterocycles. The number of hydrogen-bond acceptors (Lipinski definition) is 2. The predicted octanol–water partition coefficient (Wildman–Crippen LogP) is 3.45. The zero-order valence-electron chi connectivity index (χ0n) is 11.9. The minimum absolute atomic E-state index is 0.328. The topological polar surface area (TPSA) is 31.2 Å². The van der Waals surface area contributed by atoms with E-state index < -0.39 is 0 Å². The monoisotopic (exact) mass is 269 g/mol. The second-order valence-electron chi connectivity index (χ2n) is 4.64. The third-order valence-corrected chi connectivity index (χ3v) is 3.13. The second kappa shape index (κ2) is 6.24. The van der Waals surface area contributed by atoms with Gasteiger partial charge in [0.05, 0.1) is 6.61 Å². The van der Waals surface area contributed by atoms with Crippen LogP contribution in [0.25, 0.3) is 5.69 Å². The van der Waals surface area contributed by atoms with Gasteiger partial charge in [-0.15, -0.1) is 0 Å². The molecule has 0 spiro atoms. The minimum Gasteiger partial charge on any atom is -0.463 e. The number of hydrogen-bond donors (Lipinski definition) is 0. The molecule has 0 aliphatic carbocycles. The van der Waals surface area contributed by atoms with Crippen LogP contribution < -0.4 is 0 Å². The van der Waals surface area contributed by atoms with Gasteiger partial charge in [0, 0.05) is 29.1 Å². The van der Waals surface area contributed by atoms with E-state index in [0.717, 1.165) is 17.1 Å². The summed E-state index contributed by atoms with van der Waals surface area (Å²) in [6, 6.07) is 14.1. The lowest BCUT2D eigenvalue weighted by atomic mass is 10.1. The average molecular weight is 269 g/mol. The minimum atomic E-state index is -0.328. The molecule has 0 aliphatic heterocycles. The van der Waals surface area contributed by atoms with E-state index in [2.05, 4.69) is 11.1 Å². The van der Waals surface area contributed by atoms with Gasteiger partial charge in [0.1, 0.15) is 0 Å². The molecule has 0 N–H and O–H groups in total. The molecule has 0 fully saturated rings. The van der Waals surface area contributed by atoms with Crippen molar-refractivity contribution in [3.8, 4) is 5.69 Å². The van der Waals surface area contributed by atoms with Gasteiger partial charge in [-0.3, -0.25) is 0 Å². The first-order chi connectivity index (χ1) is 9.63. The molecule has 0 saturated heterocycles. The summed E-state index contributed by atoms with van der Waals surface area (Å²) in [5.41, 5.74) is 3.72. The van der Waals surface area contributed by atoms with Gasteiger partial charge in [0.2, 0.25) is 0 Å². The maximum absolute atomic E-state index is 11.7. The molecule has 2 rings (SSSR count). The van der Waals surface area contributed by atoms with Crippen molar-refractivity contribution in [1.29, 1.82) is 0 Å². The summed E-state index contributed by atoms with van der Waals surface area (Å²) in [6.45, 7) is 8.04. The molecule has 0 radical (unpaired) electrons. The molecule has 1 aromatic carbocycles. The Morgan fingerprint density at radius 1 is 1.20 bits per heavy atom. The van der Waals surface area contributed by atoms with Crippen LogP contribution in [0.1, 0.15) is 18.3 Å². The highest BCUT2D eigenvalue weighted by molar-refractivity contribution is 5.88. The summed E-state index contributed by atoms with van der Waals surface area (Å²) in [5, 5.41) is 0. The van der Waals surface area contributed by atoms with Crippen LogP contribution in [0.3, 0.4) is 0 Å². The predicted molar refractivity (Wildman–Crippen MR) is 80.0 cm³/mol. The van der Waals surface area contributed by atoms with Gasteiger partial charge < -0.3 is 9.30 Å². The number of carbonyl (C=O) groups is 1. The number of esters is 1. The van der Waals surface area contributed by atoms with Crippen molar-refractivity contribution in [3.63, 3.8) is 0 Å². The van der Waals surface area contributed by atoms with E-state index in [1.165, 1.54) is 0 Å². The number of ether oxygens (including phenoxy) is 1. The van der Waals surface area contributed by atoms with Crippen molar-refractivity contribution in [2.75, 3.05) is 6.61 Å². The third kappa shape index (κ3) is 2.99. The maximum atomic E-state index is 11.7. The molecule has 1 heterocycles. The lowest BCUT2D eigenvalue weighted by Crippen LogP contribution is -2.11. The maximum Gasteiger partial charge on any atom is 0.333 e. The van der Waals surface area contributed by atoms with Gasteiger partial charge in [-0.25, -0.2) is 4.79 Å². The molecule has 2 aromatic rings. The summed E-state index contributed by atoms with van der Waals surface area (Å²) in [4.78, 5) is 11.7. The quantitative estimate of drug-likeness (QED) is 0.615. The number of nitrogens with zero attached hydrogens (tertiary/aromatic N) is 1. The fourth-order valence-corrected chi connectivity index (χ4v) is 2.20. The average Bonchev–Trinajstić information content (AvgIpc) is 2.81. The Labute approximate surface area is 119 Å². The van der Waals surface area contributed by atoms with Crippen LogP contribution in [0.4, 0.5) is 0 Å². The molecule has 0 unspecified atom stereocenters. The van der Waals surface area contributed by atoms with Gasteiger partial charge in [-0.1, -0.05) is 24.8 Å². The van der Waals surface area contributed by atoms with Gasteiger partial charge >= 0.3 is 5.97 Å². The Morgan fingerprint density at radius 2 is 1.90 bits per heavy atom. The lowest BCUT2D eigenvalue weighted by molar-refractivity contribution is -0.138. The lowest BCUT2D eigenvalue weighted by Gasteiger charge is -2.12. The molecule has 0 saturated carbocycles. The molecule has 0 amide bonds. The van der Waals surface area contributed by atoms with Crippen molar-refractivity contribution in [1.82, 2.24) is 4.57 Å². The van der Waals surface area contributed by atoms with Crippen molar-refractivity contribution in [3.05, 3.63) is 66.0 Å². The normalized spacial score (nSPS) is 10.3. The molecule has 20 heavy (non-hydrogen) atoms. The number of para-hydroxylation sites is 1. The summed E-state index contributed by atoms with van der Waals surface area (Å²) in [5.74, 6) is -0.328. The first kappa shape index (κ1) is 14.1. The van der Waals surface area contributed by atoms with Crippen molar-refractivity contribution in [2.24, 2.45) is 0 Å². The van der Waals surface area contributed by atoms with E-state index in [0.29, 0.717) is 18.6 Å². The molecule has 0 bridgehead atoms. The molecular weight excluding hydrogens is 250 g/mol. The van der Waals surface area contributed by atoms with E-state index in [9.17, 15) is 4.79 Å². The highest BCUT2D eigenvalue weighted by Gasteiger charge is 2.13. The van der Waals surface area contributed by atoms with Crippen LogP contribution in [0.5, 0.6) is 0 Å². The van der Waals surface area contributed by atoms with Gasteiger partial charge in [-0.2, -0.15) is 0 Å². The Balaban J connectivity index is 2.26. The summed E-state index contributed by atoms with van der Waals surface area (Å²) in [6.07, 6.45) is 0.488. The van der Waals surface area contributed by atoms with Crippen LogP contribution in [0, 0.1) is 6.92 Å². The first-order valence-electron chi connectivity index (χ1n) is 6.71. The Kier molecular flexibility index (Phi) is 4.41.